The lowest BCUT2D eigenvalue weighted by Gasteiger charge is -2.30. The highest BCUT2D eigenvalue weighted by molar-refractivity contribution is 6.03. The van der Waals surface area contributed by atoms with Crippen molar-refractivity contribution >= 4 is 33.9 Å². The van der Waals surface area contributed by atoms with Crippen LogP contribution in [0, 0.1) is 18.8 Å². The van der Waals surface area contributed by atoms with E-state index in [1.807, 2.05) is 34.7 Å². The Morgan fingerprint density at radius 3 is 2.66 bits per heavy atom. The summed E-state index contributed by atoms with van der Waals surface area (Å²) < 4.78 is 3.87. The van der Waals surface area contributed by atoms with Gasteiger partial charge in [-0.1, -0.05) is 30.3 Å². The van der Waals surface area contributed by atoms with E-state index in [2.05, 4.69) is 59.5 Å². The first-order valence-corrected chi connectivity index (χ1v) is 12.2. The van der Waals surface area contributed by atoms with Crippen molar-refractivity contribution < 1.29 is 4.79 Å². The van der Waals surface area contributed by atoms with Crippen LogP contribution >= 0.6 is 0 Å². The molecular weight excluding hydrogens is 436 g/mol. The van der Waals surface area contributed by atoms with Crippen molar-refractivity contribution in [1.82, 2.24) is 24.5 Å². The second-order valence-electron chi connectivity index (χ2n) is 9.98. The number of hydrogen-bond donors (Lipinski definition) is 0. The summed E-state index contributed by atoms with van der Waals surface area (Å²) in [6, 6.07) is 17.2. The van der Waals surface area contributed by atoms with Crippen molar-refractivity contribution in [3.8, 4) is 16.9 Å². The fourth-order valence-electron chi connectivity index (χ4n) is 6.20. The number of nitrogens with zero attached hydrogens (tertiary/aromatic N) is 6. The third-order valence-corrected chi connectivity index (χ3v) is 7.87. The molecule has 1 aliphatic heterocycles. The lowest BCUT2D eigenvalue weighted by atomic mass is 9.96. The molecule has 0 N–H and O–H groups in total. The van der Waals surface area contributed by atoms with Crippen LogP contribution in [0.3, 0.4) is 0 Å². The fourth-order valence-corrected chi connectivity index (χ4v) is 6.20. The van der Waals surface area contributed by atoms with Gasteiger partial charge in [-0.25, -0.2) is 9.67 Å². The van der Waals surface area contributed by atoms with E-state index in [0.717, 1.165) is 70.2 Å². The van der Waals surface area contributed by atoms with Crippen molar-refractivity contribution in [2.75, 3.05) is 11.4 Å². The predicted molar refractivity (Wildman–Crippen MR) is 137 cm³/mol. The SMILES string of the molecule is Cc1cccc2c(-c3cccc4nn(C)cc34)nn(-c3ccc(N4C[C@@H]5C[C@H]4C[C@H]5C=O)nc3)c12. The number of hydrogen-bond acceptors (Lipinski definition) is 5. The number of aryl methyl sites for hydroxylation is 2. The van der Waals surface area contributed by atoms with Gasteiger partial charge in [-0.05, 0) is 49.4 Å². The molecule has 0 unspecified atom stereocenters. The minimum atomic E-state index is 0.219. The second-order valence-corrected chi connectivity index (χ2v) is 9.98. The van der Waals surface area contributed by atoms with Gasteiger partial charge in [0.05, 0.1) is 22.9 Å². The van der Waals surface area contributed by atoms with Crippen molar-refractivity contribution in [3.05, 3.63) is 66.5 Å². The van der Waals surface area contributed by atoms with Gasteiger partial charge >= 0.3 is 0 Å². The molecule has 1 saturated heterocycles. The Morgan fingerprint density at radius 2 is 1.89 bits per heavy atom. The molecule has 174 valence electrons. The molecule has 7 heteroatoms. The van der Waals surface area contributed by atoms with E-state index in [1.165, 1.54) is 5.56 Å². The van der Waals surface area contributed by atoms with Crippen molar-refractivity contribution in [2.24, 2.45) is 18.9 Å². The number of aromatic nitrogens is 5. The number of pyridine rings is 1. The highest BCUT2D eigenvalue weighted by Gasteiger charge is 2.44. The van der Waals surface area contributed by atoms with E-state index >= 15 is 0 Å². The van der Waals surface area contributed by atoms with E-state index in [1.54, 1.807) is 0 Å². The van der Waals surface area contributed by atoms with Gasteiger partial charge in [-0.15, -0.1) is 0 Å². The molecule has 0 amide bonds. The molecule has 4 heterocycles. The molecule has 1 saturated carbocycles. The number of rotatable bonds is 4. The first-order chi connectivity index (χ1) is 17.1. The molecule has 2 bridgehead atoms. The molecule has 0 spiro atoms. The molecule has 2 fully saturated rings. The smallest absolute Gasteiger partial charge is 0.128 e. The van der Waals surface area contributed by atoms with Crippen LogP contribution in [0.4, 0.5) is 5.82 Å². The zero-order valence-corrected chi connectivity index (χ0v) is 19.8. The lowest BCUT2D eigenvalue weighted by Crippen LogP contribution is -2.36. The summed E-state index contributed by atoms with van der Waals surface area (Å²) in [6.45, 7) is 3.05. The van der Waals surface area contributed by atoms with E-state index in [-0.39, 0.29) is 5.92 Å². The molecule has 2 aliphatic rings. The van der Waals surface area contributed by atoms with Crippen LogP contribution < -0.4 is 4.90 Å². The Bertz CT molecular complexity index is 1600. The minimum absolute atomic E-state index is 0.219. The van der Waals surface area contributed by atoms with Gasteiger partial charge < -0.3 is 9.69 Å². The van der Waals surface area contributed by atoms with Crippen LogP contribution in [0.5, 0.6) is 0 Å². The summed E-state index contributed by atoms with van der Waals surface area (Å²) in [5.74, 6) is 1.67. The molecule has 35 heavy (non-hydrogen) atoms. The summed E-state index contributed by atoms with van der Waals surface area (Å²) in [5.41, 5.74) is 6.18. The number of piperidine rings is 1. The maximum absolute atomic E-state index is 11.3. The van der Waals surface area contributed by atoms with Gasteiger partial charge in [0.1, 0.15) is 17.8 Å². The Balaban J connectivity index is 1.32. The van der Waals surface area contributed by atoms with Gasteiger partial charge in [0.2, 0.25) is 0 Å². The maximum atomic E-state index is 11.3. The molecule has 7 rings (SSSR count). The highest BCUT2D eigenvalue weighted by Crippen LogP contribution is 2.43. The van der Waals surface area contributed by atoms with Crippen molar-refractivity contribution in [1.29, 1.82) is 0 Å². The Morgan fingerprint density at radius 1 is 1.00 bits per heavy atom. The summed E-state index contributed by atoms with van der Waals surface area (Å²) in [5, 5.41) is 11.9. The Labute approximate surface area is 203 Å². The van der Waals surface area contributed by atoms with Gasteiger partial charge in [0, 0.05) is 48.1 Å². The van der Waals surface area contributed by atoms with Crippen LogP contribution in [-0.4, -0.2) is 43.4 Å². The van der Waals surface area contributed by atoms with E-state index in [4.69, 9.17) is 10.1 Å². The topological polar surface area (TPSA) is 68.8 Å². The van der Waals surface area contributed by atoms with Crippen LogP contribution in [0.25, 0.3) is 38.8 Å². The number of anilines is 1. The van der Waals surface area contributed by atoms with Gasteiger partial charge in [-0.2, -0.15) is 10.2 Å². The number of carbonyl (C=O) groups excluding carboxylic acids is 1. The van der Waals surface area contributed by atoms with Crippen LogP contribution in [0.15, 0.2) is 60.9 Å². The Kier molecular flexibility index (Phi) is 4.37. The maximum Gasteiger partial charge on any atom is 0.128 e. The average Bonchev–Trinajstić information content (AvgIpc) is 3.65. The zero-order chi connectivity index (χ0) is 23.7. The fraction of sp³-hybridized carbons (Fsp3) is 0.286. The minimum Gasteiger partial charge on any atom is -0.353 e. The predicted octanol–water partition coefficient (Wildman–Crippen LogP) is 4.70. The first-order valence-electron chi connectivity index (χ1n) is 12.2. The second kappa shape index (κ2) is 7.50. The summed E-state index contributed by atoms with van der Waals surface area (Å²) >= 11 is 0. The number of benzene rings is 2. The largest absolute Gasteiger partial charge is 0.353 e. The van der Waals surface area contributed by atoms with Crippen molar-refractivity contribution in [3.63, 3.8) is 0 Å². The number of fused-ring (bicyclic) bond motifs is 4. The first kappa shape index (κ1) is 20.4. The molecule has 3 aromatic heterocycles. The molecular formula is C28H26N6O. The molecule has 0 radical (unpaired) electrons. The summed E-state index contributed by atoms with van der Waals surface area (Å²) in [6.07, 6.45) is 7.17. The average molecular weight is 463 g/mol. The third kappa shape index (κ3) is 3.04. The number of carbonyl (C=O) groups is 1. The summed E-state index contributed by atoms with van der Waals surface area (Å²) in [4.78, 5) is 18.5. The third-order valence-electron chi connectivity index (χ3n) is 7.87. The normalized spacial score (nSPS) is 21.4. The highest BCUT2D eigenvalue weighted by atomic mass is 16.1. The quantitative estimate of drug-likeness (QED) is 0.362. The molecule has 3 atom stereocenters. The van der Waals surface area contributed by atoms with Gasteiger partial charge in [0.15, 0.2) is 0 Å². The molecule has 7 nitrogen and oxygen atoms in total. The van der Waals surface area contributed by atoms with Crippen LogP contribution in [0.1, 0.15) is 18.4 Å². The van der Waals surface area contributed by atoms with E-state index in [0.29, 0.717) is 12.0 Å². The van der Waals surface area contributed by atoms with E-state index < -0.39 is 0 Å². The Hall–Kier alpha value is -4.00. The molecule has 1 aliphatic carbocycles. The van der Waals surface area contributed by atoms with Crippen molar-refractivity contribution in [2.45, 2.75) is 25.8 Å². The monoisotopic (exact) mass is 462 g/mol. The van der Waals surface area contributed by atoms with Crippen LogP contribution in [0.2, 0.25) is 0 Å². The zero-order valence-electron chi connectivity index (χ0n) is 19.8. The number of aldehydes is 1. The summed E-state index contributed by atoms with van der Waals surface area (Å²) in [7, 11) is 1.95. The standard InChI is InChI=1S/C28H26N6O/c1-17-5-3-7-23-27(22-6-4-8-25-24(22)15-32(2)30-25)31-34(28(17)23)20-9-10-26(29-13-20)33-14-18-11-21(33)12-19(18)16-35/h3-10,13,15-16,18-19,21H,11-12,14H2,1-2H3/t18-,19-,21-/m0/s1. The van der Waals surface area contributed by atoms with Crippen LogP contribution in [-0.2, 0) is 11.8 Å². The molecule has 5 aromatic rings. The van der Waals surface area contributed by atoms with E-state index in [9.17, 15) is 4.79 Å². The number of para-hydroxylation sites is 1. The van der Waals surface area contributed by atoms with Gasteiger partial charge in [0.25, 0.3) is 0 Å². The van der Waals surface area contributed by atoms with Gasteiger partial charge in [-0.3, -0.25) is 4.68 Å². The molecule has 2 aromatic carbocycles. The lowest BCUT2D eigenvalue weighted by molar-refractivity contribution is -0.112.